The maximum atomic E-state index is 13.3. The Kier molecular flexibility index (Phi) is 6.25. The molecule has 0 radical (unpaired) electrons. The first-order chi connectivity index (χ1) is 8.60. The van der Waals surface area contributed by atoms with E-state index in [4.69, 9.17) is 10.8 Å². The molecule has 0 saturated heterocycles. The molecular formula is C14H23FN2O. The van der Waals surface area contributed by atoms with Crippen LogP contribution in [0.4, 0.5) is 4.39 Å². The second-order valence-electron chi connectivity index (χ2n) is 4.63. The van der Waals surface area contributed by atoms with Gasteiger partial charge < -0.3 is 10.8 Å². The molecule has 1 rings (SSSR count). The van der Waals surface area contributed by atoms with Gasteiger partial charge in [0.2, 0.25) is 0 Å². The monoisotopic (exact) mass is 254 g/mol. The molecule has 0 spiro atoms. The summed E-state index contributed by atoms with van der Waals surface area (Å²) in [5.41, 5.74) is 7.04. The van der Waals surface area contributed by atoms with E-state index in [9.17, 15) is 4.39 Å². The van der Waals surface area contributed by atoms with E-state index in [2.05, 4.69) is 4.90 Å². The van der Waals surface area contributed by atoms with Gasteiger partial charge in [0.05, 0.1) is 0 Å². The molecule has 1 aromatic rings. The SMILES string of the molecule is CCC(N)C(c1cccc(F)c1)N(C)CCCO. The van der Waals surface area contributed by atoms with Gasteiger partial charge in [0.15, 0.2) is 0 Å². The summed E-state index contributed by atoms with van der Waals surface area (Å²) >= 11 is 0. The van der Waals surface area contributed by atoms with E-state index in [0.717, 1.165) is 18.5 Å². The van der Waals surface area contributed by atoms with Crippen molar-refractivity contribution in [2.45, 2.75) is 31.8 Å². The highest BCUT2D eigenvalue weighted by atomic mass is 19.1. The largest absolute Gasteiger partial charge is 0.396 e. The first-order valence-corrected chi connectivity index (χ1v) is 6.42. The van der Waals surface area contributed by atoms with Crippen LogP contribution in [0.25, 0.3) is 0 Å². The number of hydrogen-bond donors (Lipinski definition) is 2. The highest BCUT2D eigenvalue weighted by Gasteiger charge is 2.22. The van der Waals surface area contributed by atoms with Gasteiger partial charge in [-0.05, 0) is 37.6 Å². The standard InChI is InChI=1S/C14H23FN2O/c1-3-13(16)14(17(2)8-5-9-18)11-6-4-7-12(15)10-11/h4,6-7,10,13-14,18H,3,5,8-9,16H2,1-2H3. The van der Waals surface area contributed by atoms with Crippen molar-refractivity contribution in [1.82, 2.24) is 4.90 Å². The molecule has 3 N–H and O–H groups in total. The Bertz CT molecular complexity index is 359. The molecule has 0 saturated carbocycles. The van der Waals surface area contributed by atoms with Gasteiger partial charge in [-0.15, -0.1) is 0 Å². The van der Waals surface area contributed by atoms with E-state index in [-0.39, 0.29) is 24.5 Å². The summed E-state index contributed by atoms with van der Waals surface area (Å²) in [5.74, 6) is -0.239. The van der Waals surface area contributed by atoms with Crippen LogP contribution in [-0.2, 0) is 0 Å². The number of nitrogens with zero attached hydrogens (tertiary/aromatic N) is 1. The number of nitrogens with two attached hydrogens (primary N) is 1. The van der Waals surface area contributed by atoms with E-state index in [0.29, 0.717) is 6.42 Å². The number of benzene rings is 1. The fourth-order valence-electron chi connectivity index (χ4n) is 2.20. The fourth-order valence-corrected chi connectivity index (χ4v) is 2.20. The van der Waals surface area contributed by atoms with Crippen molar-refractivity contribution >= 4 is 0 Å². The summed E-state index contributed by atoms with van der Waals surface area (Å²) in [6.07, 6.45) is 1.52. The summed E-state index contributed by atoms with van der Waals surface area (Å²) in [5, 5.41) is 8.89. The summed E-state index contributed by atoms with van der Waals surface area (Å²) in [4.78, 5) is 2.08. The van der Waals surface area contributed by atoms with Crippen LogP contribution in [0.3, 0.4) is 0 Å². The Morgan fingerprint density at radius 3 is 2.72 bits per heavy atom. The normalized spacial score (nSPS) is 14.8. The summed E-state index contributed by atoms with van der Waals surface area (Å²) in [6.45, 7) is 2.92. The zero-order chi connectivity index (χ0) is 13.5. The van der Waals surface area contributed by atoms with Gasteiger partial charge in [-0.3, -0.25) is 4.90 Å². The quantitative estimate of drug-likeness (QED) is 0.781. The Morgan fingerprint density at radius 2 is 2.17 bits per heavy atom. The molecular weight excluding hydrogens is 231 g/mol. The fraction of sp³-hybridized carbons (Fsp3) is 0.571. The molecule has 3 nitrogen and oxygen atoms in total. The second kappa shape index (κ2) is 7.46. The van der Waals surface area contributed by atoms with Crippen LogP contribution in [0.5, 0.6) is 0 Å². The highest BCUT2D eigenvalue weighted by molar-refractivity contribution is 5.21. The summed E-state index contributed by atoms with van der Waals surface area (Å²) in [6, 6.07) is 6.52. The molecule has 0 aliphatic heterocycles. The Labute approximate surface area is 108 Å². The van der Waals surface area contributed by atoms with Crippen molar-refractivity contribution in [3.05, 3.63) is 35.6 Å². The lowest BCUT2D eigenvalue weighted by Gasteiger charge is -2.32. The van der Waals surface area contributed by atoms with Crippen molar-refractivity contribution in [2.24, 2.45) is 5.73 Å². The molecule has 102 valence electrons. The van der Waals surface area contributed by atoms with Crippen molar-refractivity contribution in [1.29, 1.82) is 0 Å². The van der Waals surface area contributed by atoms with Gasteiger partial charge in [0.25, 0.3) is 0 Å². The zero-order valence-corrected chi connectivity index (χ0v) is 11.1. The minimum Gasteiger partial charge on any atom is -0.396 e. The molecule has 0 aliphatic carbocycles. The molecule has 0 aromatic heterocycles. The van der Waals surface area contributed by atoms with E-state index in [1.165, 1.54) is 12.1 Å². The molecule has 0 heterocycles. The molecule has 2 unspecified atom stereocenters. The van der Waals surface area contributed by atoms with Gasteiger partial charge in [-0.2, -0.15) is 0 Å². The van der Waals surface area contributed by atoms with Gasteiger partial charge in [0.1, 0.15) is 5.82 Å². The first-order valence-electron chi connectivity index (χ1n) is 6.42. The third-order valence-corrected chi connectivity index (χ3v) is 3.21. The second-order valence-corrected chi connectivity index (χ2v) is 4.63. The third-order valence-electron chi connectivity index (χ3n) is 3.21. The predicted molar refractivity (Wildman–Crippen MR) is 71.7 cm³/mol. The van der Waals surface area contributed by atoms with Gasteiger partial charge in [-0.1, -0.05) is 19.1 Å². The minimum atomic E-state index is -0.239. The van der Waals surface area contributed by atoms with Crippen LogP contribution >= 0.6 is 0 Å². The molecule has 1 aromatic carbocycles. The molecule has 0 bridgehead atoms. The lowest BCUT2D eigenvalue weighted by atomic mass is 9.96. The average molecular weight is 254 g/mol. The zero-order valence-electron chi connectivity index (χ0n) is 11.1. The smallest absolute Gasteiger partial charge is 0.123 e. The Morgan fingerprint density at radius 1 is 1.44 bits per heavy atom. The number of likely N-dealkylation sites (N-methyl/N-ethyl adjacent to an activating group) is 1. The van der Waals surface area contributed by atoms with Crippen LogP contribution in [-0.4, -0.2) is 36.2 Å². The average Bonchev–Trinajstić information content (AvgIpc) is 2.36. The number of rotatable bonds is 7. The number of halogens is 1. The van der Waals surface area contributed by atoms with E-state index >= 15 is 0 Å². The van der Waals surface area contributed by atoms with Crippen LogP contribution in [0.15, 0.2) is 24.3 Å². The Balaban J connectivity index is 2.90. The van der Waals surface area contributed by atoms with E-state index in [1.807, 2.05) is 20.0 Å². The van der Waals surface area contributed by atoms with Crippen molar-refractivity contribution in [2.75, 3.05) is 20.2 Å². The van der Waals surface area contributed by atoms with E-state index < -0.39 is 0 Å². The lowest BCUT2D eigenvalue weighted by Crippen LogP contribution is -2.39. The molecule has 18 heavy (non-hydrogen) atoms. The van der Waals surface area contributed by atoms with Crippen molar-refractivity contribution < 1.29 is 9.50 Å². The molecule has 0 amide bonds. The molecule has 4 heteroatoms. The van der Waals surface area contributed by atoms with Crippen molar-refractivity contribution in [3.63, 3.8) is 0 Å². The number of aliphatic hydroxyl groups excluding tert-OH is 1. The highest BCUT2D eigenvalue weighted by Crippen LogP contribution is 2.24. The van der Waals surface area contributed by atoms with Crippen LogP contribution in [0.1, 0.15) is 31.4 Å². The maximum absolute atomic E-state index is 13.3. The number of hydrogen-bond acceptors (Lipinski definition) is 3. The van der Waals surface area contributed by atoms with Crippen LogP contribution in [0.2, 0.25) is 0 Å². The predicted octanol–water partition coefficient (Wildman–Crippen LogP) is 1.92. The maximum Gasteiger partial charge on any atom is 0.123 e. The Hall–Kier alpha value is -0.970. The molecule has 0 aliphatic rings. The number of aliphatic hydroxyl groups is 1. The van der Waals surface area contributed by atoms with E-state index in [1.54, 1.807) is 6.07 Å². The minimum absolute atomic E-state index is 0.0164. The van der Waals surface area contributed by atoms with Crippen LogP contribution < -0.4 is 5.73 Å². The first kappa shape index (κ1) is 15.1. The molecule has 0 fully saturated rings. The van der Waals surface area contributed by atoms with Crippen molar-refractivity contribution in [3.8, 4) is 0 Å². The van der Waals surface area contributed by atoms with Gasteiger partial charge >= 0.3 is 0 Å². The summed E-state index contributed by atoms with van der Waals surface area (Å²) in [7, 11) is 1.96. The van der Waals surface area contributed by atoms with Gasteiger partial charge in [-0.25, -0.2) is 4.39 Å². The van der Waals surface area contributed by atoms with Crippen LogP contribution in [0, 0.1) is 5.82 Å². The molecule has 2 atom stereocenters. The lowest BCUT2D eigenvalue weighted by molar-refractivity contribution is 0.185. The third kappa shape index (κ3) is 4.05. The van der Waals surface area contributed by atoms with Gasteiger partial charge in [0, 0.05) is 25.2 Å². The topological polar surface area (TPSA) is 49.5 Å². The summed E-state index contributed by atoms with van der Waals surface area (Å²) < 4.78 is 13.3.